The quantitative estimate of drug-likeness (QED) is 0.869. The molecule has 1 fully saturated rings. The number of rotatable bonds is 6. The Hall–Kier alpha value is -1.95. The zero-order chi connectivity index (χ0) is 16.7. The molecule has 0 bridgehead atoms. The highest BCUT2D eigenvalue weighted by Gasteiger charge is 2.23. The van der Waals surface area contributed by atoms with Crippen LogP contribution in [0.3, 0.4) is 0 Å². The van der Waals surface area contributed by atoms with Gasteiger partial charge in [-0.3, -0.25) is 9.59 Å². The van der Waals surface area contributed by atoms with Gasteiger partial charge in [-0.25, -0.2) is 4.39 Å². The second-order valence-corrected chi connectivity index (χ2v) is 5.81. The molecule has 126 valence electrons. The fourth-order valence-corrected chi connectivity index (χ4v) is 2.80. The van der Waals surface area contributed by atoms with Gasteiger partial charge in [0.2, 0.25) is 5.91 Å². The highest BCUT2D eigenvalue weighted by molar-refractivity contribution is 5.94. The maximum Gasteiger partial charge on any atom is 0.253 e. The van der Waals surface area contributed by atoms with Crippen LogP contribution in [0.1, 0.15) is 29.6 Å². The van der Waals surface area contributed by atoms with Crippen LogP contribution >= 0.6 is 0 Å². The van der Waals surface area contributed by atoms with Crippen molar-refractivity contribution in [2.45, 2.75) is 19.3 Å². The second kappa shape index (κ2) is 8.62. The van der Waals surface area contributed by atoms with Crippen LogP contribution in [0.25, 0.3) is 0 Å². The molecule has 1 saturated heterocycles. The fraction of sp³-hybridized carbons (Fsp3) is 0.529. The van der Waals surface area contributed by atoms with Crippen molar-refractivity contribution >= 4 is 11.8 Å². The molecule has 5 nitrogen and oxygen atoms in total. The molecule has 1 aliphatic rings. The van der Waals surface area contributed by atoms with Gasteiger partial charge in [0.05, 0.1) is 0 Å². The topological polar surface area (TPSA) is 58.6 Å². The Morgan fingerprint density at radius 3 is 2.52 bits per heavy atom. The highest BCUT2D eigenvalue weighted by atomic mass is 19.1. The Kier molecular flexibility index (Phi) is 6.52. The number of nitrogens with one attached hydrogen (secondary N) is 1. The first-order chi connectivity index (χ1) is 11.1. The van der Waals surface area contributed by atoms with Crippen LogP contribution in [-0.4, -0.2) is 50.1 Å². The Labute approximate surface area is 135 Å². The van der Waals surface area contributed by atoms with Gasteiger partial charge in [-0.2, -0.15) is 0 Å². The van der Waals surface area contributed by atoms with Crippen molar-refractivity contribution in [3.8, 4) is 0 Å². The van der Waals surface area contributed by atoms with Crippen LogP contribution in [-0.2, 0) is 9.53 Å². The number of hydrogen-bond donors (Lipinski definition) is 1. The van der Waals surface area contributed by atoms with Crippen molar-refractivity contribution in [3.63, 3.8) is 0 Å². The largest absolute Gasteiger partial charge is 0.375 e. The van der Waals surface area contributed by atoms with E-state index < -0.39 is 0 Å². The molecule has 23 heavy (non-hydrogen) atoms. The predicted molar refractivity (Wildman–Crippen MR) is 84.5 cm³/mol. The number of methoxy groups -OCH3 is 1. The summed E-state index contributed by atoms with van der Waals surface area (Å²) in [5.74, 6) is 0.0270. The lowest BCUT2D eigenvalue weighted by molar-refractivity contribution is -0.124. The number of nitrogens with zero attached hydrogens (tertiary/aromatic N) is 1. The standard InChI is InChI=1S/C17H23FN2O3/c1-23-12-16(21)19-9-6-13-7-10-20(11-8-13)17(22)14-2-4-15(18)5-3-14/h2-5,13H,6-12H2,1H3,(H,19,21). The third-order valence-corrected chi connectivity index (χ3v) is 4.14. The van der Waals surface area contributed by atoms with Gasteiger partial charge in [-0.05, 0) is 49.4 Å². The molecule has 0 radical (unpaired) electrons. The van der Waals surface area contributed by atoms with Crippen molar-refractivity contribution in [1.82, 2.24) is 10.2 Å². The third-order valence-electron chi connectivity index (χ3n) is 4.14. The first-order valence-corrected chi connectivity index (χ1v) is 7.90. The molecular weight excluding hydrogens is 299 g/mol. The molecule has 0 unspecified atom stereocenters. The SMILES string of the molecule is COCC(=O)NCCC1CCN(C(=O)c2ccc(F)cc2)CC1. The summed E-state index contributed by atoms with van der Waals surface area (Å²) >= 11 is 0. The van der Waals surface area contributed by atoms with Crippen molar-refractivity contribution < 1.29 is 18.7 Å². The summed E-state index contributed by atoms with van der Waals surface area (Å²) in [6, 6.07) is 5.66. The molecule has 0 spiro atoms. The summed E-state index contributed by atoms with van der Waals surface area (Å²) in [6.45, 7) is 2.13. The van der Waals surface area contributed by atoms with Crippen molar-refractivity contribution in [2.24, 2.45) is 5.92 Å². The number of amides is 2. The van der Waals surface area contributed by atoms with Gasteiger partial charge in [0.15, 0.2) is 0 Å². The third kappa shape index (κ3) is 5.32. The summed E-state index contributed by atoms with van der Waals surface area (Å²) in [4.78, 5) is 25.4. The monoisotopic (exact) mass is 322 g/mol. The van der Waals surface area contributed by atoms with E-state index in [0.717, 1.165) is 19.3 Å². The number of halogens is 1. The molecule has 0 aliphatic carbocycles. The Balaban J connectivity index is 1.72. The van der Waals surface area contributed by atoms with Gasteiger partial charge in [0.25, 0.3) is 5.91 Å². The van der Waals surface area contributed by atoms with E-state index >= 15 is 0 Å². The number of benzene rings is 1. The average molecular weight is 322 g/mol. The smallest absolute Gasteiger partial charge is 0.253 e. The van der Waals surface area contributed by atoms with E-state index in [1.807, 2.05) is 4.90 Å². The van der Waals surface area contributed by atoms with Crippen LogP contribution in [0, 0.1) is 11.7 Å². The van der Waals surface area contributed by atoms with Crippen LogP contribution in [0.2, 0.25) is 0 Å². The van der Waals surface area contributed by atoms with E-state index in [9.17, 15) is 14.0 Å². The summed E-state index contributed by atoms with van der Waals surface area (Å²) in [5.41, 5.74) is 0.525. The summed E-state index contributed by atoms with van der Waals surface area (Å²) in [6.07, 6.45) is 2.76. The fourth-order valence-electron chi connectivity index (χ4n) is 2.80. The minimum atomic E-state index is -0.337. The van der Waals surface area contributed by atoms with E-state index in [1.165, 1.54) is 31.4 Å². The number of hydrogen-bond acceptors (Lipinski definition) is 3. The number of ether oxygens (including phenoxy) is 1. The lowest BCUT2D eigenvalue weighted by Crippen LogP contribution is -2.39. The molecule has 0 saturated carbocycles. The van der Waals surface area contributed by atoms with E-state index in [2.05, 4.69) is 5.32 Å². The first kappa shape index (κ1) is 17.4. The lowest BCUT2D eigenvalue weighted by atomic mass is 9.93. The maximum atomic E-state index is 12.9. The highest BCUT2D eigenvalue weighted by Crippen LogP contribution is 2.21. The maximum absolute atomic E-state index is 12.9. The average Bonchev–Trinajstić information content (AvgIpc) is 2.56. The molecular formula is C17H23FN2O3. The van der Waals surface area contributed by atoms with Gasteiger partial charge in [-0.1, -0.05) is 0 Å². The molecule has 1 N–H and O–H groups in total. The molecule has 0 atom stereocenters. The normalized spacial score (nSPS) is 15.5. The van der Waals surface area contributed by atoms with Crippen LogP contribution in [0.15, 0.2) is 24.3 Å². The van der Waals surface area contributed by atoms with Gasteiger partial charge in [0.1, 0.15) is 12.4 Å². The van der Waals surface area contributed by atoms with Crippen LogP contribution in [0.4, 0.5) is 4.39 Å². The second-order valence-electron chi connectivity index (χ2n) is 5.81. The molecule has 1 aromatic carbocycles. The van der Waals surface area contributed by atoms with Gasteiger partial charge < -0.3 is 15.0 Å². The number of likely N-dealkylation sites (tertiary alicyclic amines) is 1. The van der Waals surface area contributed by atoms with Crippen LogP contribution in [0.5, 0.6) is 0 Å². The van der Waals surface area contributed by atoms with E-state index in [1.54, 1.807) is 0 Å². The molecule has 2 amide bonds. The van der Waals surface area contributed by atoms with E-state index in [4.69, 9.17) is 4.74 Å². The zero-order valence-corrected chi connectivity index (χ0v) is 13.4. The summed E-state index contributed by atoms with van der Waals surface area (Å²) < 4.78 is 17.7. The van der Waals surface area contributed by atoms with Crippen molar-refractivity contribution in [1.29, 1.82) is 0 Å². The predicted octanol–water partition coefficient (Wildman–Crippen LogP) is 1.83. The van der Waals surface area contributed by atoms with Crippen molar-refractivity contribution in [3.05, 3.63) is 35.6 Å². The summed E-state index contributed by atoms with van der Waals surface area (Å²) in [7, 11) is 1.49. The molecule has 1 aromatic rings. The number of carbonyl (C=O) groups is 2. The molecule has 1 heterocycles. The van der Waals surface area contributed by atoms with Gasteiger partial charge >= 0.3 is 0 Å². The lowest BCUT2D eigenvalue weighted by Gasteiger charge is -2.32. The minimum absolute atomic E-state index is 0.0446. The van der Waals surface area contributed by atoms with Gasteiger partial charge in [-0.15, -0.1) is 0 Å². The van der Waals surface area contributed by atoms with E-state index in [-0.39, 0.29) is 24.2 Å². The molecule has 0 aromatic heterocycles. The van der Waals surface area contributed by atoms with E-state index in [0.29, 0.717) is 31.1 Å². The first-order valence-electron chi connectivity index (χ1n) is 7.90. The molecule has 6 heteroatoms. The minimum Gasteiger partial charge on any atom is -0.375 e. The van der Waals surface area contributed by atoms with Crippen molar-refractivity contribution in [2.75, 3.05) is 33.4 Å². The van der Waals surface area contributed by atoms with Crippen LogP contribution < -0.4 is 5.32 Å². The number of piperidine rings is 1. The van der Waals surface area contributed by atoms with Gasteiger partial charge in [0, 0.05) is 32.3 Å². The number of carbonyl (C=O) groups excluding carboxylic acids is 2. The molecule has 2 rings (SSSR count). The Morgan fingerprint density at radius 2 is 1.91 bits per heavy atom. The zero-order valence-electron chi connectivity index (χ0n) is 13.4. The Bertz CT molecular complexity index is 525. The summed E-state index contributed by atoms with van der Waals surface area (Å²) in [5, 5.41) is 2.82. The Morgan fingerprint density at radius 1 is 1.26 bits per heavy atom. The molecule has 1 aliphatic heterocycles.